The zero-order valence-electron chi connectivity index (χ0n) is 17.8. The monoisotopic (exact) mass is 494 g/mol. The van der Waals surface area contributed by atoms with E-state index in [-0.39, 0.29) is 42.7 Å². The highest BCUT2D eigenvalue weighted by Crippen LogP contribution is 2.32. The van der Waals surface area contributed by atoms with Gasteiger partial charge in [-0.1, -0.05) is 13.5 Å². The van der Waals surface area contributed by atoms with Crippen molar-refractivity contribution in [3.8, 4) is 0 Å². The van der Waals surface area contributed by atoms with E-state index in [9.17, 15) is 17.2 Å². The minimum atomic E-state index is -2.97. The lowest BCUT2D eigenvalue weighted by Crippen LogP contribution is -2.32. The van der Waals surface area contributed by atoms with Gasteiger partial charge in [0.1, 0.15) is 32.7 Å². The Bertz CT molecular complexity index is 1240. The Labute approximate surface area is 196 Å². The summed E-state index contributed by atoms with van der Waals surface area (Å²) in [6, 6.07) is 3.59. The number of sulfone groups is 1. The molecule has 34 heavy (non-hydrogen) atoms. The SMILES string of the molecule is C.O=S1(=O)CCC(Nc2ncc3nc(Nc4c(F)cccc4F)n(C4CCOCC4)c3n2)CC1. The minimum Gasteiger partial charge on any atom is -0.381 e. The Kier molecular flexibility index (Phi) is 6.99. The second-order valence-electron chi connectivity index (χ2n) is 8.34. The smallest absolute Gasteiger partial charge is 0.224 e. The maximum atomic E-state index is 14.3. The minimum absolute atomic E-state index is 0. The van der Waals surface area contributed by atoms with Crippen molar-refractivity contribution in [2.24, 2.45) is 0 Å². The fourth-order valence-electron chi connectivity index (χ4n) is 4.28. The Morgan fingerprint density at radius 2 is 1.71 bits per heavy atom. The molecule has 5 rings (SSSR count). The van der Waals surface area contributed by atoms with Crippen LogP contribution in [0.25, 0.3) is 11.2 Å². The van der Waals surface area contributed by atoms with E-state index >= 15 is 0 Å². The zero-order valence-corrected chi connectivity index (χ0v) is 18.6. The van der Waals surface area contributed by atoms with Crippen molar-refractivity contribution in [3.05, 3.63) is 36.0 Å². The number of ether oxygens (including phenoxy) is 1. The Morgan fingerprint density at radius 1 is 1.03 bits per heavy atom. The topological polar surface area (TPSA) is 111 Å². The number of hydrogen-bond donors (Lipinski definition) is 2. The van der Waals surface area contributed by atoms with Gasteiger partial charge in [0.05, 0.1) is 17.7 Å². The van der Waals surface area contributed by atoms with Gasteiger partial charge in [-0.25, -0.2) is 27.2 Å². The van der Waals surface area contributed by atoms with Gasteiger partial charge in [-0.3, -0.25) is 4.57 Å². The van der Waals surface area contributed by atoms with Crippen LogP contribution < -0.4 is 10.6 Å². The maximum Gasteiger partial charge on any atom is 0.224 e. The van der Waals surface area contributed by atoms with E-state index in [0.29, 0.717) is 56.0 Å². The number of rotatable bonds is 5. The molecular weight excluding hydrogens is 466 g/mol. The van der Waals surface area contributed by atoms with Gasteiger partial charge in [-0.2, -0.15) is 4.98 Å². The zero-order chi connectivity index (χ0) is 23.0. The summed E-state index contributed by atoms with van der Waals surface area (Å²) in [6.45, 7) is 1.12. The normalized spacial score (nSPS) is 19.0. The molecule has 9 nitrogen and oxygen atoms in total. The standard InChI is InChI=1S/C21H24F2N6O3S.CH4/c22-15-2-1-3-16(23)18(15)27-21-26-17-12-24-20(25-13-6-10-33(30,31)11-7-13)28-19(17)29(21)14-4-8-32-9-5-14;/h1-3,12-14H,4-11H2,(H,26,27)(H,24,25,28);1H4. The van der Waals surface area contributed by atoms with Crippen LogP contribution in [0, 0.1) is 11.6 Å². The van der Waals surface area contributed by atoms with E-state index in [1.807, 2.05) is 4.57 Å². The van der Waals surface area contributed by atoms with Gasteiger partial charge >= 0.3 is 0 Å². The van der Waals surface area contributed by atoms with Gasteiger partial charge < -0.3 is 15.4 Å². The van der Waals surface area contributed by atoms with E-state index < -0.39 is 21.5 Å². The molecule has 0 bridgehead atoms. The number of halogens is 2. The van der Waals surface area contributed by atoms with Crippen LogP contribution in [0.15, 0.2) is 24.4 Å². The number of benzene rings is 1. The molecule has 0 saturated carbocycles. The first-order valence-corrected chi connectivity index (χ1v) is 12.7. The molecule has 2 fully saturated rings. The number of imidazole rings is 1. The molecule has 0 aliphatic carbocycles. The molecule has 2 N–H and O–H groups in total. The summed E-state index contributed by atoms with van der Waals surface area (Å²) in [5, 5.41) is 6.04. The number of nitrogens with one attached hydrogen (secondary N) is 2. The number of para-hydroxylation sites is 1. The molecule has 0 amide bonds. The third kappa shape index (κ3) is 4.97. The van der Waals surface area contributed by atoms with E-state index in [1.165, 1.54) is 18.2 Å². The van der Waals surface area contributed by atoms with Gasteiger partial charge in [0, 0.05) is 25.3 Å². The molecule has 4 heterocycles. The highest BCUT2D eigenvalue weighted by Gasteiger charge is 2.26. The van der Waals surface area contributed by atoms with Crippen LogP contribution >= 0.6 is 0 Å². The Morgan fingerprint density at radius 3 is 2.38 bits per heavy atom. The largest absolute Gasteiger partial charge is 0.381 e. The molecule has 0 unspecified atom stereocenters. The summed E-state index contributed by atoms with van der Waals surface area (Å²) in [5.74, 6) is -0.535. The first kappa shape index (κ1) is 24.3. The third-order valence-corrected chi connectivity index (χ3v) is 7.79. The van der Waals surface area contributed by atoms with Crippen molar-refractivity contribution in [2.45, 2.75) is 45.2 Å². The van der Waals surface area contributed by atoms with Crippen LogP contribution in [-0.2, 0) is 14.6 Å². The van der Waals surface area contributed by atoms with Crippen LogP contribution in [0.2, 0.25) is 0 Å². The summed E-state index contributed by atoms with van der Waals surface area (Å²) in [7, 11) is -2.97. The second kappa shape index (κ2) is 9.79. The average Bonchev–Trinajstić information content (AvgIpc) is 3.16. The third-order valence-electron chi connectivity index (χ3n) is 6.08. The van der Waals surface area contributed by atoms with Crippen LogP contribution in [0.4, 0.5) is 26.4 Å². The van der Waals surface area contributed by atoms with Crippen LogP contribution in [0.5, 0.6) is 0 Å². The van der Waals surface area contributed by atoms with Gasteiger partial charge in [0.15, 0.2) is 5.65 Å². The van der Waals surface area contributed by atoms with Crippen molar-refractivity contribution in [1.82, 2.24) is 19.5 Å². The first-order chi connectivity index (χ1) is 15.9. The summed E-state index contributed by atoms with van der Waals surface area (Å²) < 4.78 is 59.3. The fraction of sp³-hybridized carbons (Fsp3) is 0.500. The lowest BCUT2D eigenvalue weighted by atomic mass is 10.1. The summed E-state index contributed by atoms with van der Waals surface area (Å²) in [4.78, 5) is 13.5. The van der Waals surface area contributed by atoms with Crippen molar-refractivity contribution < 1.29 is 21.9 Å². The molecule has 2 aromatic heterocycles. The predicted octanol–water partition coefficient (Wildman–Crippen LogP) is 3.82. The maximum absolute atomic E-state index is 14.3. The summed E-state index contributed by atoms with van der Waals surface area (Å²) in [5.41, 5.74) is 0.732. The van der Waals surface area contributed by atoms with E-state index in [4.69, 9.17) is 4.74 Å². The lowest BCUT2D eigenvalue weighted by Gasteiger charge is -2.26. The summed E-state index contributed by atoms with van der Waals surface area (Å²) >= 11 is 0. The molecule has 0 spiro atoms. The van der Waals surface area contributed by atoms with Crippen molar-refractivity contribution in [3.63, 3.8) is 0 Å². The Balaban J connectivity index is 0.00000274. The van der Waals surface area contributed by atoms with E-state index in [2.05, 4.69) is 25.6 Å². The lowest BCUT2D eigenvalue weighted by molar-refractivity contribution is 0.0710. The molecule has 2 aliphatic rings. The number of nitrogens with zero attached hydrogens (tertiary/aromatic N) is 4. The van der Waals surface area contributed by atoms with Crippen molar-refractivity contribution in [1.29, 1.82) is 0 Å². The number of hydrogen-bond acceptors (Lipinski definition) is 8. The fourth-order valence-corrected chi connectivity index (χ4v) is 5.78. The molecule has 3 aromatic rings. The van der Waals surface area contributed by atoms with Crippen molar-refractivity contribution >= 4 is 38.6 Å². The first-order valence-electron chi connectivity index (χ1n) is 10.9. The highest BCUT2D eigenvalue weighted by molar-refractivity contribution is 7.91. The molecule has 184 valence electrons. The van der Waals surface area contributed by atoms with E-state index in [1.54, 1.807) is 6.20 Å². The van der Waals surface area contributed by atoms with Crippen LogP contribution in [0.3, 0.4) is 0 Å². The highest BCUT2D eigenvalue weighted by atomic mass is 32.2. The molecule has 1 aromatic carbocycles. The molecule has 0 radical (unpaired) electrons. The molecular formula is C22H28F2N6O3S. The van der Waals surface area contributed by atoms with Crippen molar-refractivity contribution in [2.75, 3.05) is 35.4 Å². The second-order valence-corrected chi connectivity index (χ2v) is 10.6. The van der Waals surface area contributed by atoms with E-state index in [0.717, 1.165) is 0 Å². The van der Waals surface area contributed by atoms with Gasteiger partial charge in [0.25, 0.3) is 0 Å². The molecule has 12 heteroatoms. The number of fused-ring (bicyclic) bond motifs is 1. The Hall–Kier alpha value is -2.86. The van der Waals surface area contributed by atoms with Crippen LogP contribution in [0.1, 0.15) is 39.2 Å². The molecule has 2 saturated heterocycles. The molecule has 2 aliphatic heterocycles. The quantitative estimate of drug-likeness (QED) is 0.551. The number of anilines is 3. The van der Waals surface area contributed by atoms with Gasteiger partial charge in [-0.15, -0.1) is 0 Å². The number of aromatic nitrogens is 4. The molecule has 0 atom stereocenters. The summed E-state index contributed by atoms with van der Waals surface area (Å²) in [6.07, 6.45) is 3.94. The predicted molar refractivity (Wildman–Crippen MR) is 126 cm³/mol. The van der Waals surface area contributed by atoms with Gasteiger partial charge in [-0.05, 0) is 37.8 Å². The van der Waals surface area contributed by atoms with Gasteiger partial charge in [0.2, 0.25) is 11.9 Å². The average molecular weight is 495 g/mol. The van der Waals surface area contributed by atoms with Crippen LogP contribution in [-0.4, -0.2) is 58.7 Å².